The summed E-state index contributed by atoms with van der Waals surface area (Å²) in [6.07, 6.45) is 73.7. The van der Waals surface area contributed by atoms with Gasteiger partial charge >= 0.3 is 0 Å². The summed E-state index contributed by atoms with van der Waals surface area (Å²) in [5.41, 5.74) is 0. The van der Waals surface area contributed by atoms with Crippen LogP contribution < -0.4 is 10.2 Å². The van der Waals surface area contributed by atoms with Gasteiger partial charge in [-0.15, -0.1) is 0 Å². The van der Waals surface area contributed by atoms with Crippen molar-refractivity contribution in [2.24, 2.45) is 0 Å². The Balaban J connectivity index is 3.91. The first-order valence-electron chi connectivity index (χ1n) is 28.6. The Morgan fingerprint density at radius 1 is 0.514 bits per heavy atom. The average Bonchev–Trinajstić information content (AvgIpc) is 3.32. The van der Waals surface area contributed by atoms with E-state index in [2.05, 4.69) is 104 Å². The van der Waals surface area contributed by atoms with E-state index in [0.29, 0.717) is 17.4 Å². The Morgan fingerprint density at radius 2 is 0.871 bits per heavy atom. The van der Waals surface area contributed by atoms with E-state index in [9.17, 15) is 19.4 Å². The molecule has 0 aromatic heterocycles. The molecule has 0 aliphatic rings. The number of hydrogen-bond donors (Lipinski definition) is 2. The summed E-state index contributed by atoms with van der Waals surface area (Å²) in [6, 6.07) is -0.887. The lowest BCUT2D eigenvalue weighted by molar-refractivity contribution is -0.870. The van der Waals surface area contributed by atoms with Gasteiger partial charge in [-0.3, -0.25) is 9.36 Å². The number of phosphoric acid groups is 1. The third-order valence-corrected chi connectivity index (χ3v) is 13.3. The fourth-order valence-electron chi connectivity index (χ4n) is 7.84. The van der Waals surface area contributed by atoms with Crippen molar-refractivity contribution in [2.75, 3.05) is 40.9 Å². The molecule has 3 atom stereocenters. The molecule has 0 fully saturated rings. The van der Waals surface area contributed by atoms with Crippen molar-refractivity contribution < 1.29 is 32.9 Å². The number of amides is 1. The summed E-state index contributed by atoms with van der Waals surface area (Å²) in [6.45, 7) is 4.49. The molecule has 0 spiro atoms. The number of allylic oxidation sites excluding steroid dienone is 15. The Bertz CT molecular complexity index is 1460. The van der Waals surface area contributed by atoms with Crippen LogP contribution >= 0.6 is 7.82 Å². The SMILES string of the molecule is CC/C=C\C/C=C\C/C=C\C/C=C\C/C=C\C/C=C\C/C=C\CCCCCCCCCCCCCCCCCCCC(=O)NC(COP(=O)([O-])OCC[N+](C)(C)C)C(O)/C=C/CCCCCCCCC. The summed E-state index contributed by atoms with van der Waals surface area (Å²) < 4.78 is 23.2. The van der Waals surface area contributed by atoms with Crippen molar-refractivity contribution in [3.63, 3.8) is 0 Å². The van der Waals surface area contributed by atoms with Crippen molar-refractivity contribution in [1.29, 1.82) is 0 Å². The molecule has 70 heavy (non-hydrogen) atoms. The maximum atomic E-state index is 12.9. The molecule has 0 heterocycles. The summed E-state index contributed by atoms with van der Waals surface area (Å²) >= 11 is 0. The summed E-state index contributed by atoms with van der Waals surface area (Å²) in [5.74, 6) is -0.202. The van der Waals surface area contributed by atoms with Crippen LogP contribution in [0.15, 0.2) is 97.2 Å². The van der Waals surface area contributed by atoms with Crippen LogP contribution in [0.25, 0.3) is 0 Å². The Labute approximate surface area is 432 Å². The monoisotopic (exact) mass is 997 g/mol. The van der Waals surface area contributed by atoms with E-state index in [1.54, 1.807) is 6.08 Å². The molecule has 0 bridgehead atoms. The molecule has 8 nitrogen and oxygen atoms in total. The maximum absolute atomic E-state index is 12.9. The number of nitrogens with one attached hydrogen (secondary N) is 1. The van der Waals surface area contributed by atoms with E-state index in [0.717, 1.165) is 83.5 Å². The molecule has 0 aliphatic heterocycles. The molecule has 0 saturated heterocycles. The number of likely N-dealkylation sites (N-methyl/N-ethyl adjacent to an activating group) is 1. The first-order valence-corrected chi connectivity index (χ1v) is 30.1. The second kappa shape index (κ2) is 51.3. The lowest BCUT2D eigenvalue weighted by atomic mass is 10.0. The van der Waals surface area contributed by atoms with Crippen molar-refractivity contribution >= 4 is 13.7 Å². The number of carbonyl (C=O) groups excluding carboxylic acids is 1. The van der Waals surface area contributed by atoms with Crippen molar-refractivity contribution in [2.45, 2.75) is 244 Å². The van der Waals surface area contributed by atoms with Crippen LogP contribution in [0.4, 0.5) is 0 Å². The van der Waals surface area contributed by atoms with Gasteiger partial charge in [-0.05, 0) is 77.0 Å². The molecular weight excluding hydrogens is 888 g/mol. The van der Waals surface area contributed by atoms with Gasteiger partial charge in [0.25, 0.3) is 7.82 Å². The van der Waals surface area contributed by atoms with Gasteiger partial charge in [0.2, 0.25) is 5.91 Å². The zero-order chi connectivity index (χ0) is 51.3. The second-order valence-corrected chi connectivity index (χ2v) is 21.7. The number of carbonyl (C=O) groups is 1. The summed E-state index contributed by atoms with van der Waals surface area (Å²) in [7, 11) is 1.25. The molecule has 1 amide bonds. The zero-order valence-corrected chi connectivity index (χ0v) is 46.8. The third kappa shape index (κ3) is 53.2. The van der Waals surface area contributed by atoms with Crippen LogP contribution in [0.5, 0.6) is 0 Å². The fraction of sp³-hybridized carbons (Fsp3) is 0.721. The number of aliphatic hydroxyl groups is 1. The van der Waals surface area contributed by atoms with Gasteiger partial charge in [0.15, 0.2) is 0 Å². The minimum Gasteiger partial charge on any atom is -0.756 e. The van der Waals surface area contributed by atoms with Crippen LogP contribution in [-0.2, 0) is 18.4 Å². The first kappa shape index (κ1) is 67.4. The number of hydrogen-bond acceptors (Lipinski definition) is 6. The maximum Gasteiger partial charge on any atom is 0.268 e. The molecule has 2 N–H and O–H groups in total. The Kier molecular flexibility index (Phi) is 49.4. The van der Waals surface area contributed by atoms with Gasteiger partial charge in [0.05, 0.1) is 39.9 Å². The fourth-order valence-corrected chi connectivity index (χ4v) is 8.56. The van der Waals surface area contributed by atoms with Crippen molar-refractivity contribution in [3.8, 4) is 0 Å². The van der Waals surface area contributed by atoms with Crippen LogP contribution in [-0.4, -0.2) is 68.5 Å². The quantitative estimate of drug-likeness (QED) is 0.0272. The highest BCUT2D eigenvalue weighted by atomic mass is 31.2. The number of unbranched alkanes of at least 4 members (excludes halogenated alkanes) is 24. The lowest BCUT2D eigenvalue weighted by Gasteiger charge is -2.29. The largest absolute Gasteiger partial charge is 0.756 e. The molecule has 9 heteroatoms. The molecule has 3 unspecified atom stereocenters. The molecule has 0 rings (SSSR count). The molecular formula is C61H109N2O6P. The van der Waals surface area contributed by atoms with Crippen LogP contribution in [0, 0.1) is 0 Å². The van der Waals surface area contributed by atoms with E-state index in [4.69, 9.17) is 9.05 Å². The van der Waals surface area contributed by atoms with Gasteiger partial charge in [-0.25, -0.2) is 0 Å². The molecule has 0 aromatic rings. The van der Waals surface area contributed by atoms with E-state index in [1.807, 2.05) is 27.2 Å². The number of nitrogens with zero attached hydrogens (tertiary/aromatic N) is 1. The number of rotatable bonds is 51. The summed E-state index contributed by atoms with van der Waals surface area (Å²) in [4.78, 5) is 25.3. The van der Waals surface area contributed by atoms with Gasteiger partial charge in [0, 0.05) is 6.42 Å². The third-order valence-electron chi connectivity index (χ3n) is 12.3. The zero-order valence-electron chi connectivity index (χ0n) is 45.9. The number of quaternary nitrogens is 1. The predicted molar refractivity (Wildman–Crippen MR) is 302 cm³/mol. The second-order valence-electron chi connectivity index (χ2n) is 20.3. The lowest BCUT2D eigenvalue weighted by Crippen LogP contribution is -2.45. The van der Waals surface area contributed by atoms with E-state index >= 15 is 0 Å². The standard InChI is InChI=1S/C61H109N2O6P/c1-6-8-10-12-14-16-17-18-19-20-21-22-23-24-25-26-27-28-29-30-31-32-33-34-35-36-37-38-39-40-41-42-43-44-45-47-49-51-53-55-61(65)62-59(58-69-70(66,67)68-57-56-63(3,4)5)60(64)54-52-50-48-46-15-13-11-9-7-2/h8,10,14,16,18-19,21-22,24-25,27-28,30-31,52,54,59-60,64H,6-7,9,11-13,15,17,20,23,26,29,32-51,53,55-58H2,1-5H3,(H-,62,65,66,67)/b10-8-,16-14-,19-18-,22-21-,25-24-,28-27-,31-30-,54-52+. The van der Waals surface area contributed by atoms with E-state index < -0.39 is 20.0 Å². The predicted octanol–water partition coefficient (Wildman–Crippen LogP) is 16.8. The molecule has 0 aromatic carbocycles. The van der Waals surface area contributed by atoms with E-state index in [-0.39, 0.29) is 19.1 Å². The van der Waals surface area contributed by atoms with Gasteiger partial charge in [0.1, 0.15) is 13.2 Å². The van der Waals surface area contributed by atoms with Gasteiger partial charge in [-0.2, -0.15) is 0 Å². The van der Waals surface area contributed by atoms with Gasteiger partial charge < -0.3 is 28.8 Å². The number of aliphatic hydroxyl groups excluding tert-OH is 1. The van der Waals surface area contributed by atoms with Crippen molar-refractivity contribution in [3.05, 3.63) is 97.2 Å². The smallest absolute Gasteiger partial charge is 0.268 e. The molecule has 0 radical (unpaired) electrons. The Hall–Kier alpha value is -2.58. The van der Waals surface area contributed by atoms with Crippen LogP contribution in [0.1, 0.15) is 232 Å². The molecule has 404 valence electrons. The highest BCUT2D eigenvalue weighted by Crippen LogP contribution is 2.38. The normalized spacial score (nSPS) is 14.7. The topological polar surface area (TPSA) is 108 Å². The molecule has 0 aliphatic carbocycles. The Morgan fingerprint density at radius 3 is 1.27 bits per heavy atom. The van der Waals surface area contributed by atoms with Gasteiger partial charge in [-0.1, -0.05) is 246 Å². The average molecular weight is 998 g/mol. The van der Waals surface area contributed by atoms with Crippen LogP contribution in [0.3, 0.4) is 0 Å². The van der Waals surface area contributed by atoms with E-state index in [1.165, 1.54) is 128 Å². The van der Waals surface area contributed by atoms with Crippen LogP contribution in [0.2, 0.25) is 0 Å². The van der Waals surface area contributed by atoms with Crippen molar-refractivity contribution in [1.82, 2.24) is 5.32 Å². The highest BCUT2D eigenvalue weighted by Gasteiger charge is 2.23. The minimum absolute atomic E-state index is 0.00342. The highest BCUT2D eigenvalue weighted by molar-refractivity contribution is 7.45. The minimum atomic E-state index is -4.59. The molecule has 0 saturated carbocycles. The number of phosphoric ester groups is 1. The summed E-state index contributed by atoms with van der Waals surface area (Å²) in [5, 5.41) is 13.8. The first-order chi connectivity index (χ1) is 34.0.